The van der Waals surface area contributed by atoms with E-state index in [-0.39, 0.29) is 25.7 Å². The molecule has 0 aromatic carbocycles. The zero-order valence-corrected chi connectivity index (χ0v) is 65.5. The number of ether oxygens (including phenoxy) is 4. The number of hydrogen-bond acceptors (Lipinski definition) is 15. The molecule has 17 nitrogen and oxygen atoms in total. The largest absolute Gasteiger partial charge is 0.472 e. The van der Waals surface area contributed by atoms with Gasteiger partial charge in [0.1, 0.15) is 19.3 Å². The summed E-state index contributed by atoms with van der Waals surface area (Å²) >= 11 is 0. The second-order valence-electron chi connectivity index (χ2n) is 26.0. The molecule has 0 aliphatic rings. The molecule has 0 aliphatic heterocycles. The zero-order chi connectivity index (χ0) is 74.6. The first kappa shape index (κ1) is 97.2. The van der Waals surface area contributed by atoms with Crippen LogP contribution < -0.4 is 0 Å². The molecular formula is C83H140O17P2. The third kappa shape index (κ3) is 73.5. The van der Waals surface area contributed by atoms with Crippen LogP contribution in [0.1, 0.15) is 310 Å². The van der Waals surface area contributed by atoms with Crippen LogP contribution in [-0.2, 0) is 65.4 Å². The van der Waals surface area contributed by atoms with E-state index in [1.807, 2.05) is 24.3 Å². The Kier molecular flexibility index (Phi) is 71.0. The standard InChI is InChI=1S/C83H140O17P2/c1-5-9-13-17-21-25-29-33-36-38-41-45-48-52-56-60-64-68-81(86)94-74-79(100-83(88)70-66-62-58-54-50-46-42-39-37-34-30-26-22-18-14-10-6-2)76-98-102(91,92)96-72-77(84)71-95-101(89,90)97-75-78(99-82(87)69-65-61-57-53-49-43-32-28-24-20-16-12-8-4)73-93-80(85)67-63-59-55-51-47-44-40-35-31-27-23-19-15-11-7-3/h21-22,25-28,31-37,40-42,45-46,52,54,56,58,77-79,84H,5-20,23-24,29-30,38-39,43-44,47-51,53,55,57,59-76H2,1-4H3,(H,89,90)(H,91,92)/b25-21-,26-22-,31-27-,32-28-,36-33-,37-34-,40-35-,45-41-,46-42-,56-52-,58-54-/t77-,78+,79+/m0/s1. The van der Waals surface area contributed by atoms with E-state index in [1.165, 1.54) is 89.9 Å². The molecule has 0 aliphatic carbocycles. The van der Waals surface area contributed by atoms with E-state index in [0.717, 1.165) is 128 Å². The molecule has 0 fully saturated rings. The highest BCUT2D eigenvalue weighted by Gasteiger charge is 2.30. The summed E-state index contributed by atoms with van der Waals surface area (Å²) in [7, 11) is -10.00. The van der Waals surface area contributed by atoms with Gasteiger partial charge in [-0.25, -0.2) is 9.13 Å². The number of rotatable bonds is 73. The number of aliphatic hydroxyl groups is 1. The number of aliphatic hydroxyl groups excluding tert-OH is 1. The highest BCUT2D eigenvalue weighted by molar-refractivity contribution is 7.47. The van der Waals surface area contributed by atoms with Gasteiger partial charge in [-0.05, 0) is 154 Å². The molecule has 0 amide bonds. The van der Waals surface area contributed by atoms with Crippen LogP contribution >= 0.6 is 15.6 Å². The first-order chi connectivity index (χ1) is 49.7. The van der Waals surface area contributed by atoms with Gasteiger partial charge in [0.05, 0.1) is 26.4 Å². The van der Waals surface area contributed by atoms with Gasteiger partial charge < -0.3 is 33.8 Å². The van der Waals surface area contributed by atoms with E-state index in [2.05, 4.69) is 137 Å². The quantitative estimate of drug-likeness (QED) is 0.0128. The average molecular weight is 1470 g/mol. The highest BCUT2D eigenvalue weighted by Crippen LogP contribution is 2.45. The van der Waals surface area contributed by atoms with Crippen molar-refractivity contribution in [3.63, 3.8) is 0 Å². The second-order valence-corrected chi connectivity index (χ2v) is 28.9. The summed E-state index contributed by atoms with van der Waals surface area (Å²) in [6.07, 6.45) is 83.0. The van der Waals surface area contributed by atoms with Crippen LogP contribution in [0.5, 0.6) is 0 Å². The molecule has 584 valence electrons. The lowest BCUT2D eigenvalue weighted by molar-refractivity contribution is -0.161. The van der Waals surface area contributed by atoms with Crippen LogP contribution in [0, 0.1) is 0 Å². The Morgan fingerprint density at radius 1 is 0.284 bits per heavy atom. The predicted molar refractivity (Wildman–Crippen MR) is 418 cm³/mol. The molecule has 3 N–H and O–H groups in total. The number of carbonyl (C=O) groups is 4. The van der Waals surface area contributed by atoms with Gasteiger partial charge in [0.2, 0.25) is 0 Å². The zero-order valence-electron chi connectivity index (χ0n) is 63.7. The summed E-state index contributed by atoms with van der Waals surface area (Å²) in [6.45, 7) is 4.63. The Bertz CT molecular complexity index is 2460. The maximum Gasteiger partial charge on any atom is 0.472 e. The first-order valence-electron chi connectivity index (χ1n) is 39.4. The van der Waals surface area contributed by atoms with E-state index >= 15 is 0 Å². The smallest absolute Gasteiger partial charge is 0.462 e. The number of esters is 4. The Balaban J connectivity index is 5.48. The Morgan fingerprint density at radius 3 is 0.873 bits per heavy atom. The van der Waals surface area contributed by atoms with Crippen molar-refractivity contribution in [1.29, 1.82) is 0 Å². The van der Waals surface area contributed by atoms with E-state index < -0.39 is 97.5 Å². The molecule has 0 heterocycles. The molecule has 19 heteroatoms. The molecular weight excluding hydrogens is 1330 g/mol. The van der Waals surface area contributed by atoms with Gasteiger partial charge in [-0.1, -0.05) is 264 Å². The number of carbonyl (C=O) groups excluding carboxylic acids is 4. The molecule has 5 atom stereocenters. The molecule has 0 bridgehead atoms. The van der Waals surface area contributed by atoms with Crippen molar-refractivity contribution >= 4 is 39.5 Å². The fraction of sp³-hybridized carbons (Fsp3) is 0.687. The van der Waals surface area contributed by atoms with Crippen molar-refractivity contribution in [3.05, 3.63) is 134 Å². The van der Waals surface area contributed by atoms with Crippen molar-refractivity contribution < 1.29 is 80.2 Å². The lowest BCUT2D eigenvalue weighted by Crippen LogP contribution is -2.30. The fourth-order valence-corrected chi connectivity index (χ4v) is 11.6. The van der Waals surface area contributed by atoms with Crippen LogP contribution in [0.15, 0.2) is 134 Å². The van der Waals surface area contributed by atoms with Crippen molar-refractivity contribution in [2.45, 2.75) is 329 Å². The van der Waals surface area contributed by atoms with Gasteiger partial charge in [0.15, 0.2) is 12.2 Å². The maximum absolute atomic E-state index is 13.1. The van der Waals surface area contributed by atoms with Gasteiger partial charge in [-0.2, -0.15) is 0 Å². The van der Waals surface area contributed by atoms with Crippen molar-refractivity contribution in [1.82, 2.24) is 0 Å². The Labute approximate surface area is 618 Å². The van der Waals surface area contributed by atoms with Crippen molar-refractivity contribution in [2.75, 3.05) is 39.6 Å². The van der Waals surface area contributed by atoms with E-state index in [4.69, 9.17) is 37.0 Å². The van der Waals surface area contributed by atoms with Gasteiger partial charge in [0, 0.05) is 25.7 Å². The molecule has 0 rings (SSSR count). The van der Waals surface area contributed by atoms with Gasteiger partial charge in [0.25, 0.3) is 0 Å². The summed E-state index contributed by atoms with van der Waals surface area (Å²) in [6, 6.07) is 0. The highest BCUT2D eigenvalue weighted by atomic mass is 31.2. The van der Waals surface area contributed by atoms with Crippen LogP contribution in [0.4, 0.5) is 0 Å². The number of phosphoric ester groups is 2. The Hall–Kier alpha value is -4.80. The SMILES string of the molecule is CCCCC/C=C\C/C=C\C/C=C\C/C=C\CCCC(=O)OC[C@H](COP(=O)(O)OC[C@@H](O)COP(=O)(O)OC[C@@H](COC(=O)CCCCCCC/C=C\C=C/CCCCCC)OC(=O)CCCCCCC/C=C\CCCCCC)OC(=O)CCC/C=C\C/C=C\C/C=C\C/C=C\CCCCC. The third-order valence-corrected chi connectivity index (χ3v) is 18.0. The summed E-state index contributed by atoms with van der Waals surface area (Å²) in [5, 5.41) is 10.6. The maximum atomic E-state index is 13.1. The minimum atomic E-state index is -5.01. The Morgan fingerprint density at radius 2 is 0.520 bits per heavy atom. The molecule has 0 aromatic rings. The lowest BCUT2D eigenvalue weighted by Gasteiger charge is -2.21. The summed E-state index contributed by atoms with van der Waals surface area (Å²) in [4.78, 5) is 72.9. The molecule has 0 aromatic heterocycles. The number of allylic oxidation sites excluding steroid dienone is 22. The molecule has 0 spiro atoms. The summed E-state index contributed by atoms with van der Waals surface area (Å²) < 4.78 is 68.4. The number of phosphoric acid groups is 2. The second kappa shape index (κ2) is 74.5. The van der Waals surface area contributed by atoms with Crippen LogP contribution in [-0.4, -0.2) is 96.7 Å². The first-order valence-corrected chi connectivity index (χ1v) is 42.4. The van der Waals surface area contributed by atoms with Gasteiger partial charge in [-0.15, -0.1) is 0 Å². The van der Waals surface area contributed by atoms with E-state index in [0.29, 0.717) is 38.5 Å². The summed E-state index contributed by atoms with van der Waals surface area (Å²) in [5.74, 6) is -2.33. The number of hydrogen-bond donors (Lipinski definition) is 3. The minimum absolute atomic E-state index is 0.00390. The molecule has 0 saturated heterocycles. The third-order valence-electron chi connectivity index (χ3n) is 16.1. The fourth-order valence-electron chi connectivity index (χ4n) is 10.0. The van der Waals surface area contributed by atoms with Crippen molar-refractivity contribution in [3.8, 4) is 0 Å². The van der Waals surface area contributed by atoms with Crippen LogP contribution in [0.3, 0.4) is 0 Å². The topological polar surface area (TPSA) is 237 Å². The normalized spacial score (nSPS) is 14.6. The average Bonchev–Trinajstić information content (AvgIpc) is 0.959. The van der Waals surface area contributed by atoms with Gasteiger partial charge in [-0.3, -0.25) is 37.3 Å². The molecule has 0 radical (unpaired) electrons. The van der Waals surface area contributed by atoms with Crippen LogP contribution in [0.25, 0.3) is 0 Å². The molecule has 2 unspecified atom stereocenters. The number of unbranched alkanes of at least 4 members (excludes halogenated alkanes) is 26. The van der Waals surface area contributed by atoms with Crippen LogP contribution in [0.2, 0.25) is 0 Å². The van der Waals surface area contributed by atoms with E-state index in [9.17, 15) is 43.2 Å². The lowest BCUT2D eigenvalue weighted by atomic mass is 10.1. The van der Waals surface area contributed by atoms with E-state index in [1.54, 1.807) is 0 Å². The molecule has 0 saturated carbocycles. The van der Waals surface area contributed by atoms with Crippen molar-refractivity contribution in [2.24, 2.45) is 0 Å². The minimum Gasteiger partial charge on any atom is -0.462 e. The van der Waals surface area contributed by atoms with Gasteiger partial charge >= 0.3 is 39.5 Å². The summed E-state index contributed by atoms with van der Waals surface area (Å²) in [5.41, 5.74) is 0. The monoisotopic (exact) mass is 1470 g/mol. The predicted octanol–water partition coefficient (Wildman–Crippen LogP) is 22.9. The molecule has 102 heavy (non-hydrogen) atoms.